The number of nitrogens with two attached hydrogens (primary N) is 1. The molecular weight excluding hydrogens is 262 g/mol. The molecule has 0 aromatic carbocycles. The summed E-state index contributed by atoms with van der Waals surface area (Å²) in [6.45, 7) is 5.11. The summed E-state index contributed by atoms with van der Waals surface area (Å²) < 4.78 is 5.63. The highest BCUT2D eigenvalue weighted by molar-refractivity contribution is 5.69. The molecule has 0 aromatic heterocycles. The lowest BCUT2D eigenvalue weighted by Gasteiger charge is -2.17. The van der Waals surface area contributed by atoms with Crippen molar-refractivity contribution < 1.29 is 9.53 Å². The van der Waals surface area contributed by atoms with Crippen LogP contribution in [0.15, 0.2) is 0 Å². The highest BCUT2D eigenvalue weighted by Crippen LogP contribution is 2.15. The van der Waals surface area contributed by atoms with Crippen LogP contribution in [0.1, 0.15) is 97.3 Å². The SMILES string of the molecule is CCCCCCCCC(CCC)OC(=O)CCCCCN. The Kier molecular flexibility index (Phi) is 15.4. The Balaban J connectivity index is 3.71. The van der Waals surface area contributed by atoms with Gasteiger partial charge in [-0.3, -0.25) is 4.79 Å². The van der Waals surface area contributed by atoms with E-state index in [-0.39, 0.29) is 12.1 Å². The molecule has 0 aliphatic heterocycles. The molecule has 0 spiro atoms. The molecule has 0 aliphatic rings. The molecule has 0 bridgehead atoms. The first-order chi connectivity index (χ1) is 10.2. The van der Waals surface area contributed by atoms with Gasteiger partial charge in [-0.1, -0.05) is 58.8 Å². The van der Waals surface area contributed by atoms with Gasteiger partial charge in [0.2, 0.25) is 0 Å². The molecule has 0 saturated carbocycles. The number of unbranched alkanes of at least 4 members (excludes halogenated alkanes) is 7. The Hall–Kier alpha value is -0.570. The summed E-state index contributed by atoms with van der Waals surface area (Å²) in [4.78, 5) is 11.8. The number of carbonyl (C=O) groups excluding carboxylic acids is 1. The lowest BCUT2D eigenvalue weighted by molar-refractivity contribution is -0.150. The van der Waals surface area contributed by atoms with E-state index in [1.807, 2.05) is 0 Å². The van der Waals surface area contributed by atoms with Gasteiger partial charge in [0.05, 0.1) is 0 Å². The van der Waals surface area contributed by atoms with Crippen LogP contribution in [0, 0.1) is 0 Å². The molecule has 1 atom stereocenters. The van der Waals surface area contributed by atoms with E-state index in [1.54, 1.807) is 0 Å². The number of carbonyl (C=O) groups is 1. The molecule has 0 rings (SSSR count). The van der Waals surface area contributed by atoms with Gasteiger partial charge in [-0.15, -0.1) is 0 Å². The highest BCUT2D eigenvalue weighted by Gasteiger charge is 2.13. The van der Waals surface area contributed by atoms with Gasteiger partial charge in [-0.25, -0.2) is 0 Å². The van der Waals surface area contributed by atoms with E-state index in [1.165, 1.54) is 38.5 Å². The number of rotatable bonds is 15. The summed E-state index contributed by atoms with van der Waals surface area (Å²) in [6.07, 6.45) is 14.5. The molecule has 126 valence electrons. The third kappa shape index (κ3) is 14.1. The maximum atomic E-state index is 11.8. The fraction of sp³-hybridized carbons (Fsp3) is 0.944. The van der Waals surface area contributed by atoms with Gasteiger partial charge in [-0.05, 0) is 38.6 Å². The second-order valence-corrected chi connectivity index (χ2v) is 6.06. The van der Waals surface area contributed by atoms with Crippen molar-refractivity contribution in [2.24, 2.45) is 5.73 Å². The maximum absolute atomic E-state index is 11.8. The van der Waals surface area contributed by atoms with Gasteiger partial charge >= 0.3 is 5.97 Å². The molecule has 0 aliphatic carbocycles. The van der Waals surface area contributed by atoms with Crippen LogP contribution in [0.5, 0.6) is 0 Å². The van der Waals surface area contributed by atoms with Crippen LogP contribution in [0.2, 0.25) is 0 Å². The predicted octanol–water partition coefficient (Wildman–Crippen LogP) is 4.97. The average Bonchev–Trinajstić information content (AvgIpc) is 2.47. The fourth-order valence-electron chi connectivity index (χ4n) is 2.57. The first kappa shape index (κ1) is 20.4. The van der Waals surface area contributed by atoms with Gasteiger partial charge in [0.15, 0.2) is 0 Å². The topological polar surface area (TPSA) is 52.3 Å². The lowest BCUT2D eigenvalue weighted by Crippen LogP contribution is -2.18. The molecular formula is C18H37NO2. The Morgan fingerprint density at radius 3 is 2.19 bits per heavy atom. The van der Waals surface area contributed by atoms with E-state index in [4.69, 9.17) is 10.5 Å². The zero-order valence-corrected chi connectivity index (χ0v) is 14.4. The van der Waals surface area contributed by atoms with Gasteiger partial charge in [0.1, 0.15) is 6.10 Å². The summed E-state index contributed by atoms with van der Waals surface area (Å²) >= 11 is 0. The Morgan fingerprint density at radius 1 is 0.857 bits per heavy atom. The normalized spacial score (nSPS) is 12.3. The van der Waals surface area contributed by atoms with Crippen molar-refractivity contribution in [3.63, 3.8) is 0 Å². The Bertz CT molecular complexity index is 231. The smallest absolute Gasteiger partial charge is 0.306 e. The van der Waals surface area contributed by atoms with Crippen molar-refractivity contribution >= 4 is 5.97 Å². The van der Waals surface area contributed by atoms with Crippen LogP contribution in [0.25, 0.3) is 0 Å². The first-order valence-electron chi connectivity index (χ1n) is 9.14. The number of ether oxygens (including phenoxy) is 1. The van der Waals surface area contributed by atoms with Crippen LogP contribution in [-0.4, -0.2) is 18.6 Å². The largest absolute Gasteiger partial charge is 0.462 e. The van der Waals surface area contributed by atoms with Crippen LogP contribution in [-0.2, 0) is 9.53 Å². The maximum Gasteiger partial charge on any atom is 0.306 e. The third-order valence-corrected chi connectivity index (χ3v) is 3.87. The van der Waals surface area contributed by atoms with Gasteiger partial charge in [0.25, 0.3) is 0 Å². The molecule has 0 heterocycles. The van der Waals surface area contributed by atoms with Crippen LogP contribution in [0.4, 0.5) is 0 Å². The Labute approximate surface area is 132 Å². The van der Waals surface area contributed by atoms with Gasteiger partial charge < -0.3 is 10.5 Å². The number of hydrogen-bond acceptors (Lipinski definition) is 3. The molecule has 2 N–H and O–H groups in total. The van der Waals surface area contributed by atoms with E-state index in [2.05, 4.69) is 13.8 Å². The minimum Gasteiger partial charge on any atom is -0.462 e. The molecule has 3 heteroatoms. The fourth-order valence-corrected chi connectivity index (χ4v) is 2.57. The zero-order chi connectivity index (χ0) is 15.8. The predicted molar refractivity (Wildman–Crippen MR) is 90.3 cm³/mol. The molecule has 1 unspecified atom stereocenters. The van der Waals surface area contributed by atoms with Crippen LogP contribution < -0.4 is 5.73 Å². The van der Waals surface area contributed by atoms with E-state index in [9.17, 15) is 4.79 Å². The number of esters is 1. The van der Waals surface area contributed by atoms with Crippen molar-refractivity contribution in [3.8, 4) is 0 Å². The molecule has 0 fully saturated rings. The van der Waals surface area contributed by atoms with Gasteiger partial charge in [-0.2, -0.15) is 0 Å². The summed E-state index contributed by atoms with van der Waals surface area (Å²) in [5.74, 6) is -0.0172. The molecule has 21 heavy (non-hydrogen) atoms. The first-order valence-corrected chi connectivity index (χ1v) is 9.14. The van der Waals surface area contributed by atoms with Crippen LogP contribution in [0.3, 0.4) is 0 Å². The lowest BCUT2D eigenvalue weighted by atomic mass is 10.0. The van der Waals surface area contributed by atoms with Crippen molar-refractivity contribution in [1.29, 1.82) is 0 Å². The van der Waals surface area contributed by atoms with Crippen molar-refractivity contribution in [2.45, 2.75) is 103 Å². The Morgan fingerprint density at radius 2 is 1.52 bits per heavy atom. The van der Waals surface area contributed by atoms with Crippen LogP contribution >= 0.6 is 0 Å². The molecule has 0 aromatic rings. The molecule has 0 saturated heterocycles. The highest BCUT2D eigenvalue weighted by atomic mass is 16.5. The van der Waals surface area contributed by atoms with E-state index in [0.29, 0.717) is 13.0 Å². The van der Waals surface area contributed by atoms with Crippen molar-refractivity contribution in [2.75, 3.05) is 6.54 Å². The zero-order valence-electron chi connectivity index (χ0n) is 14.4. The summed E-state index contributed by atoms with van der Waals surface area (Å²) in [5.41, 5.74) is 5.45. The molecule has 0 amide bonds. The monoisotopic (exact) mass is 299 g/mol. The van der Waals surface area contributed by atoms with E-state index >= 15 is 0 Å². The van der Waals surface area contributed by atoms with E-state index < -0.39 is 0 Å². The molecule has 3 nitrogen and oxygen atoms in total. The second-order valence-electron chi connectivity index (χ2n) is 6.06. The third-order valence-electron chi connectivity index (χ3n) is 3.87. The van der Waals surface area contributed by atoms with Crippen molar-refractivity contribution in [3.05, 3.63) is 0 Å². The van der Waals surface area contributed by atoms with Crippen molar-refractivity contribution in [1.82, 2.24) is 0 Å². The quantitative estimate of drug-likeness (QED) is 0.343. The summed E-state index contributed by atoms with van der Waals surface area (Å²) in [5, 5.41) is 0. The number of hydrogen-bond donors (Lipinski definition) is 1. The van der Waals surface area contributed by atoms with Gasteiger partial charge in [0, 0.05) is 6.42 Å². The average molecular weight is 299 g/mol. The second kappa shape index (κ2) is 15.8. The minimum absolute atomic E-state index is 0.0172. The molecule has 0 radical (unpaired) electrons. The summed E-state index contributed by atoms with van der Waals surface area (Å²) in [7, 11) is 0. The standard InChI is InChI=1S/C18H37NO2/c1-3-5-6-7-8-10-14-17(13-4-2)21-18(20)15-11-9-12-16-19/h17H,3-16,19H2,1-2H3. The van der Waals surface area contributed by atoms with E-state index in [0.717, 1.165) is 38.5 Å². The minimum atomic E-state index is -0.0172. The summed E-state index contributed by atoms with van der Waals surface area (Å²) in [6, 6.07) is 0.